The van der Waals surface area contributed by atoms with Gasteiger partial charge in [0.1, 0.15) is 10.8 Å². The number of aryl methyl sites for hydroxylation is 2. The van der Waals surface area contributed by atoms with Gasteiger partial charge in [-0.15, -0.1) is 0 Å². The van der Waals surface area contributed by atoms with Crippen LogP contribution >= 0.6 is 12.2 Å². The Balaban J connectivity index is 2.19. The van der Waals surface area contributed by atoms with Crippen LogP contribution in [0.25, 0.3) is 0 Å². The number of nitrogens with zero attached hydrogens (tertiary/aromatic N) is 1. The largest absolute Gasteiger partial charge is 0.389 e. The standard InChI is InChI=1S/C14H21N3S/c1-4-5-10-7-11(10)17-14-12(13(15)18)8(2)6-9(3)16-14/h6,10-11H,4-5,7H2,1-3H3,(H2,15,18)(H,16,17). The number of hydrogen-bond donors (Lipinski definition) is 2. The molecule has 1 aromatic heterocycles. The molecule has 18 heavy (non-hydrogen) atoms. The smallest absolute Gasteiger partial charge is 0.137 e. The van der Waals surface area contributed by atoms with Gasteiger partial charge in [-0.2, -0.15) is 0 Å². The van der Waals surface area contributed by atoms with Crippen LogP contribution in [0.2, 0.25) is 0 Å². The summed E-state index contributed by atoms with van der Waals surface area (Å²) in [5.41, 5.74) is 8.81. The average molecular weight is 263 g/mol. The molecule has 1 saturated carbocycles. The number of anilines is 1. The lowest BCUT2D eigenvalue weighted by Gasteiger charge is -2.13. The molecule has 1 fully saturated rings. The summed E-state index contributed by atoms with van der Waals surface area (Å²) in [7, 11) is 0. The molecule has 1 aliphatic rings. The highest BCUT2D eigenvalue weighted by atomic mass is 32.1. The molecule has 1 aromatic rings. The van der Waals surface area contributed by atoms with Crippen LogP contribution in [0.3, 0.4) is 0 Å². The van der Waals surface area contributed by atoms with Crippen LogP contribution in [0.5, 0.6) is 0 Å². The van der Waals surface area contributed by atoms with Gasteiger partial charge in [-0.05, 0) is 44.2 Å². The number of thiocarbonyl (C=S) groups is 1. The fraction of sp³-hybridized carbons (Fsp3) is 0.571. The van der Waals surface area contributed by atoms with E-state index in [9.17, 15) is 0 Å². The minimum absolute atomic E-state index is 0.426. The van der Waals surface area contributed by atoms with Gasteiger partial charge in [-0.3, -0.25) is 0 Å². The Labute approximate surface area is 114 Å². The van der Waals surface area contributed by atoms with Gasteiger partial charge < -0.3 is 11.1 Å². The predicted octanol–water partition coefficient (Wildman–Crippen LogP) is 2.93. The SMILES string of the molecule is CCCC1CC1Nc1nc(C)cc(C)c1C(N)=S. The van der Waals surface area contributed by atoms with E-state index in [2.05, 4.69) is 17.2 Å². The number of hydrogen-bond acceptors (Lipinski definition) is 3. The zero-order valence-corrected chi connectivity index (χ0v) is 12.1. The first kappa shape index (κ1) is 13.3. The summed E-state index contributed by atoms with van der Waals surface area (Å²) in [5, 5.41) is 3.50. The van der Waals surface area contributed by atoms with E-state index in [4.69, 9.17) is 18.0 Å². The molecule has 0 radical (unpaired) electrons. The van der Waals surface area contributed by atoms with Crippen molar-refractivity contribution in [3.63, 3.8) is 0 Å². The van der Waals surface area contributed by atoms with E-state index in [0.29, 0.717) is 11.0 Å². The third kappa shape index (κ3) is 2.80. The number of pyridine rings is 1. The van der Waals surface area contributed by atoms with Crippen molar-refractivity contribution < 1.29 is 0 Å². The maximum absolute atomic E-state index is 5.81. The molecular formula is C14H21N3S. The predicted molar refractivity (Wildman–Crippen MR) is 80.0 cm³/mol. The van der Waals surface area contributed by atoms with E-state index in [1.807, 2.05) is 19.9 Å². The molecule has 0 saturated heterocycles. The van der Waals surface area contributed by atoms with Gasteiger partial charge >= 0.3 is 0 Å². The summed E-state index contributed by atoms with van der Waals surface area (Å²) in [6, 6.07) is 2.57. The van der Waals surface area contributed by atoms with Gasteiger partial charge in [0.15, 0.2) is 0 Å². The Morgan fingerprint density at radius 3 is 2.89 bits per heavy atom. The molecule has 3 N–H and O–H groups in total. The molecule has 2 rings (SSSR count). The highest BCUT2D eigenvalue weighted by Crippen LogP contribution is 2.37. The Morgan fingerprint density at radius 2 is 2.28 bits per heavy atom. The highest BCUT2D eigenvalue weighted by Gasteiger charge is 2.36. The lowest BCUT2D eigenvalue weighted by atomic mass is 10.1. The van der Waals surface area contributed by atoms with Crippen LogP contribution in [0.1, 0.15) is 43.0 Å². The van der Waals surface area contributed by atoms with Crippen LogP contribution in [0, 0.1) is 19.8 Å². The number of aromatic nitrogens is 1. The van der Waals surface area contributed by atoms with Crippen LogP contribution in [-0.4, -0.2) is 16.0 Å². The third-order valence-electron chi connectivity index (χ3n) is 3.50. The third-order valence-corrected chi connectivity index (χ3v) is 3.70. The maximum Gasteiger partial charge on any atom is 0.137 e. The lowest BCUT2D eigenvalue weighted by molar-refractivity contribution is 0.692. The van der Waals surface area contributed by atoms with Crippen molar-refractivity contribution in [2.75, 3.05) is 5.32 Å². The van der Waals surface area contributed by atoms with Crippen molar-refractivity contribution in [2.45, 2.75) is 46.1 Å². The second kappa shape index (κ2) is 5.22. The minimum atomic E-state index is 0.426. The quantitative estimate of drug-likeness (QED) is 0.802. The fourth-order valence-electron chi connectivity index (χ4n) is 2.54. The summed E-state index contributed by atoms with van der Waals surface area (Å²) in [4.78, 5) is 4.98. The molecule has 1 aliphatic carbocycles. The number of rotatable bonds is 5. The number of nitrogens with one attached hydrogen (secondary N) is 1. The number of nitrogens with two attached hydrogens (primary N) is 1. The van der Waals surface area contributed by atoms with E-state index in [1.54, 1.807) is 0 Å². The first-order chi connectivity index (χ1) is 8.52. The first-order valence-electron chi connectivity index (χ1n) is 6.57. The molecule has 0 amide bonds. The van der Waals surface area contributed by atoms with Gasteiger partial charge in [0, 0.05) is 11.7 Å². The Kier molecular flexibility index (Phi) is 3.85. The molecule has 2 unspecified atom stereocenters. The normalized spacial score (nSPS) is 21.7. The molecule has 1 heterocycles. The topological polar surface area (TPSA) is 50.9 Å². The van der Waals surface area contributed by atoms with E-state index in [-0.39, 0.29) is 0 Å². The Morgan fingerprint density at radius 1 is 1.56 bits per heavy atom. The van der Waals surface area contributed by atoms with Gasteiger partial charge in [-0.25, -0.2) is 4.98 Å². The van der Waals surface area contributed by atoms with Crippen LogP contribution in [0.15, 0.2) is 6.07 Å². The van der Waals surface area contributed by atoms with Crippen LogP contribution in [-0.2, 0) is 0 Å². The van der Waals surface area contributed by atoms with E-state index >= 15 is 0 Å². The molecule has 0 spiro atoms. The summed E-state index contributed by atoms with van der Waals surface area (Å²) in [6.07, 6.45) is 3.76. The van der Waals surface area contributed by atoms with Crippen molar-refractivity contribution in [3.8, 4) is 0 Å². The van der Waals surface area contributed by atoms with E-state index < -0.39 is 0 Å². The van der Waals surface area contributed by atoms with Gasteiger partial charge in [0.2, 0.25) is 0 Å². The molecule has 0 aliphatic heterocycles. The fourth-order valence-corrected chi connectivity index (χ4v) is 2.80. The van der Waals surface area contributed by atoms with Gasteiger partial charge in [-0.1, -0.05) is 25.6 Å². The van der Waals surface area contributed by atoms with Gasteiger partial charge in [0.05, 0.1) is 5.56 Å². The van der Waals surface area contributed by atoms with Crippen LogP contribution < -0.4 is 11.1 Å². The highest BCUT2D eigenvalue weighted by molar-refractivity contribution is 7.80. The zero-order valence-electron chi connectivity index (χ0n) is 11.3. The lowest BCUT2D eigenvalue weighted by Crippen LogP contribution is -2.18. The van der Waals surface area contributed by atoms with Crippen LogP contribution in [0.4, 0.5) is 5.82 Å². The van der Waals surface area contributed by atoms with Crippen molar-refractivity contribution in [1.82, 2.24) is 4.98 Å². The summed E-state index contributed by atoms with van der Waals surface area (Å²) >= 11 is 5.13. The van der Waals surface area contributed by atoms with Crippen molar-refractivity contribution in [2.24, 2.45) is 11.7 Å². The monoisotopic (exact) mass is 263 g/mol. The van der Waals surface area contributed by atoms with Gasteiger partial charge in [0.25, 0.3) is 0 Å². The van der Waals surface area contributed by atoms with E-state index in [0.717, 1.165) is 28.6 Å². The maximum atomic E-state index is 5.81. The molecular weight excluding hydrogens is 242 g/mol. The molecule has 0 aromatic carbocycles. The molecule has 0 bridgehead atoms. The molecule has 2 atom stereocenters. The first-order valence-corrected chi connectivity index (χ1v) is 6.98. The Hall–Kier alpha value is -1.16. The summed E-state index contributed by atoms with van der Waals surface area (Å²) in [6.45, 7) is 6.26. The average Bonchev–Trinajstić information content (AvgIpc) is 2.94. The summed E-state index contributed by atoms with van der Waals surface area (Å²) in [5.74, 6) is 1.65. The Bertz CT molecular complexity index is 470. The van der Waals surface area contributed by atoms with Crippen molar-refractivity contribution in [1.29, 1.82) is 0 Å². The van der Waals surface area contributed by atoms with Crippen molar-refractivity contribution >= 4 is 23.0 Å². The second-order valence-electron chi connectivity index (χ2n) is 5.20. The zero-order chi connectivity index (χ0) is 13.3. The molecule has 3 nitrogen and oxygen atoms in total. The van der Waals surface area contributed by atoms with E-state index in [1.165, 1.54) is 19.3 Å². The van der Waals surface area contributed by atoms with Crippen molar-refractivity contribution in [3.05, 3.63) is 22.9 Å². The minimum Gasteiger partial charge on any atom is -0.389 e. The second-order valence-corrected chi connectivity index (χ2v) is 5.64. The molecule has 4 heteroatoms. The summed E-state index contributed by atoms with van der Waals surface area (Å²) < 4.78 is 0. The molecule has 98 valence electrons.